The van der Waals surface area contributed by atoms with E-state index in [1.54, 1.807) is 12.1 Å². The summed E-state index contributed by atoms with van der Waals surface area (Å²) in [5, 5.41) is 0.314. The van der Waals surface area contributed by atoms with Gasteiger partial charge in [0.1, 0.15) is 5.15 Å². The third kappa shape index (κ3) is 2.48. The topological polar surface area (TPSA) is 50.9 Å². The average molecular weight is 270 g/mol. The van der Waals surface area contributed by atoms with Crippen molar-refractivity contribution in [2.75, 3.05) is 0 Å². The molecule has 94 valence electrons. The van der Waals surface area contributed by atoms with Crippen LogP contribution in [0.5, 0.6) is 0 Å². The Labute approximate surface area is 108 Å². The minimum atomic E-state index is -0.935. The van der Waals surface area contributed by atoms with Crippen molar-refractivity contribution in [3.05, 3.63) is 64.4 Å². The van der Waals surface area contributed by atoms with Crippen molar-refractivity contribution in [3.8, 4) is 0 Å². The summed E-state index contributed by atoms with van der Waals surface area (Å²) in [5.74, 6) is 3.54. The predicted molar refractivity (Wildman–Crippen MR) is 64.8 cm³/mol. The maximum Gasteiger partial charge on any atom is 0.163 e. The third-order valence-electron chi connectivity index (χ3n) is 2.54. The van der Waals surface area contributed by atoms with Crippen molar-refractivity contribution >= 4 is 11.6 Å². The van der Waals surface area contributed by atoms with E-state index < -0.39 is 17.7 Å². The largest absolute Gasteiger partial charge is 0.271 e. The molecule has 0 saturated heterocycles. The van der Waals surface area contributed by atoms with E-state index in [0.29, 0.717) is 10.7 Å². The normalized spacial score (nSPS) is 12.4. The van der Waals surface area contributed by atoms with E-state index in [4.69, 9.17) is 17.4 Å². The number of rotatable bonds is 3. The van der Waals surface area contributed by atoms with Crippen molar-refractivity contribution in [1.29, 1.82) is 0 Å². The number of halogens is 3. The number of hydrogen-bond acceptors (Lipinski definition) is 3. The first-order valence-electron chi connectivity index (χ1n) is 5.15. The highest BCUT2D eigenvalue weighted by Crippen LogP contribution is 2.25. The summed E-state index contributed by atoms with van der Waals surface area (Å²) in [5.41, 5.74) is 3.13. The molecule has 0 aliphatic carbocycles. The van der Waals surface area contributed by atoms with E-state index in [2.05, 4.69) is 10.4 Å². The number of nitrogens with one attached hydrogen (secondary N) is 1. The summed E-state index contributed by atoms with van der Waals surface area (Å²) in [6, 6.07) is 6.43. The van der Waals surface area contributed by atoms with Gasteiger partial charge in [-0.2, -0.15) is 0 Å². The summed E-state index contributed by atoms with van der Waals surface area (Å²) < 4.78 is 26.9. The molecule has 0 spiro atoms. The van der Waals surface area contributed by atoms with Crippen LogP contribution in [0.1, 0.15) is 17.2 Å². The molecule has 1 heterocycles. The van der Waals surface area contributed by atoms with Crippen molar-refractivity contribution < 1.29 is 8.78 Å². The molecule has 2 aromatic rings. The molecule has 0 saturated carbocycles. The molecule has 3 nitrogen and oxygen atoms in total. The molecular weight excluding hydrogens is 260 g/mol. The van der Waals surface area contributed by atoms with Crippen molar-refractivity contribution in [1.82, 2.24) is 10.4 Å². The van der Waals surface area contributed by atoms with Gasteiger partial charge >= 0.3 is 0 Å². The highest BCUT2D eigenvalue weighted by molar-refractivity contribution is 6.29. The van der Waals surface area contributed by atoms with Gasteiger partial charge in [0, 0.05) is 11.8 Å². The number of hydrazine groups is 1. The van der Waals surface area contributed by atoms with Gasteiger partial charge in [0.2, 0.25) is 0 Å². The van der Waals surface area contributed by atoms with Crippen LogP contribution in [-0.2, 0) is 0 Å². The van der Waals surface area contributed by atoms with Crippen LogP contribution in [0.2, 0.25) is 5.15 Å². The van der Waals surface area contributed by atoms with E-state index >= 15 is 0 Å². The summed E-state index contributed by atoms with van der Waals surface area (Å²) >= 11 is 5.67. The van der Waals surface area contributed by atoms with E-state index in [-0.39, 0.29) is 5.56 Å². The fourth-order valence-corrected chi connectivity index (χ4v) is 1.78. The summed E-state index contributed by atoms with van der Waals surface area (Å²) in [4.78, 5) is 3.88. The Balaban J connectivity index is 2.45. The molecule has 1 aromatic heterocycles. The number of aromatic nitrogens is 1. The summed E-state index contributed by atoms with van der Waals surface area (Å²) in [6.07, 6.45) is 1.46. The zero-order chi connectivity index (χ0) is 13.1. The van der Waals surface area contributed by atoms with Gasteiger partial charge in [0.05, 0.1) is 6.04 Å². The molecule has 6 heteroatoms. The maximum atomic E-state index is 13.7. The summed E-state index contributed by atoms with van der Waals surface area (Å²) in [7, 11) is 0. The molecule has 1 atom stereocenters. The lowest BCUT2D eigenvalue weighted by Crippen LogP contribution is -2.29. The fraction of sp³-hybridized carbons (Fsp3) is 0.0833. The second kappa shape index (κ2) is 5.39. The lowest BCUT2D eigenvalue weighted by atomic mass is 10.0. The Kier molecular flexibility index (Phi) is 3.86. The van der Waals surface area contributed by atoms with E-state index in [1.807, 2.05) is 0 Å². The first kappa shape index (κ1) is 12.9. The molecule has 18 heavy (non-hydrogen) atoms. The van der Waals surface area contributed by atoms with Gasteiger partial charge in [-0.1, -0.05) is 29.8 Å². The lowest BCUT2D eigenvalue weighted by Gasteiger charge is -2.17. The van der Waals surface area contributed by atoms with Gasteiger partial charge in [-0.15, -0.1) is 0 Å². The van der Waals surface area contributed by atoms with E-state index in [1.165, 1.54) is 18.3 Å². The van der Waals surface area contributed by atoms with Gasteiger partial charge in [-0.25, -0.2) is 19.2 Å². The van der Waals surface area contributed by atoms with Crippen LogP contribution in [0.3, 0.4) is 0 Å². The van der Waals surface area contributed by atoms with Crippen LogP contribution >= 0.6 is 11.6 Å². The number of nitrogens with zero attached hydrogens (tertiary/aromatic N) is 1. The minimum absolute atomic E-state index is 0.113. The molecule has 0 fully saturated rings. The Hall–Kier alpha value is -1.56. The first-order valence-corrected chi connectivity index (χ1v) is 5.52. The average Bonchev–Trinajstić information content (AvgIpc) is 2.37. The van der Waals surface area contributed by atoms with Crippen LogP contribution in [-0.4, -0.2) is 4.98 Å². The van der Waals surface area contributed by atoms with Gasteiger partial charge in [-0.05, 0) is 17.7 Å². The smallest absolute Gasteiger partial charge is 0.163 e. The molecule has 3 N–H and O–H groups in total. The Morgan fingerprint density at radius 1 is 1.22 bits per heavy atom. The van der Waals surface area contributed by atoms with Crippen LogP contribution < -0.4 is 11.3 Å². The van der Waals surface area contributed by atoms with Gasteiger partial charge in [-0.3, -0.25) is 5.84 Å². The molecule has 1 unspecified atom stereocenters. The SMILES string of the molecule is NNC(c1ccc(Cl)nc1)c1cccc(F)c1F. The monoisotopic (exact) mass is 269 g/mol. The van der Waals surface area contributed by atoms with Gasteiger partial charge in [0.15, 0.2) is 11.6 Å². The Morgan fingerprint density at radius 3 is 2.61 bits per heavy atom. The zero-order valence-corrected chi connectivity index (χ0v) is 9.96. The minimum Gasteiger partial charge on any atom is -0.271 e. The quantitative estimate of drug-likeness (QED) is 0.511. The molecule has 1 aromatic carbocycles. The fourth-order valence-electron chi connectivity index (χ4n) is 1.67. The van der Waals surface area contributed by atoms with Gasteiger partial charge < -0.3 is 0 Å². The summed E-state index contributed by atoms with van der Waals surface area (Å²) in [6.45, 7) is 0. The van der Waals surface area contributed by atoms with Crippen molar-refractivity contribution in [2.45, 2.75) is 6.04 Å². The molecule has 0 bridgehead atoms. The van der Waals surface area contributed by atoms with E-state index in [0.717, 1.165) is 6.07 Å². The van der Waals surface area contributed by atoms with Crippen LogP contribution in [0.15, 0.2) is 36.5 Å². The van der Waals surface area contributed by atoms with Crippen molar-refractivity contribution in [2.24, 2.45) is 5.84 Å². The Bertz CT molecular complexity index is 546. The number of pyridine rings is 1. The molecule has 2 rings (SSSR count). The second-order valence-electron chi connectivity index (χ2n) is 3.66. The molecule has 0 radical (unpaired) electrons. The van der Waals surface area contributed by atoms with Crippen LogP contribution in [0, 0.1) is 11.6 Å². The van der Waals surface area contributed by atoms with Crippen LogP contribution in [0.4, 0.5) is 8.78 Å². The maximum absolute atomic E-state index is 13.7. The highest BCUT2D eigenvalue weighted by Gasteiger charge is 2.19. The molecule has 0 aliphatic rings. The highest BCUT2D eigenvalue weighted by atomic mass is 35.5. The first-order chi connectivity index (χ1) is 8.63. The van der Waals surface area contributed by atoms with Crippen LogP contribution in [0.25, 0.3) is 0 Å². The molecule has 0 aliphatic heterocycles. The predicted octanol–water partition coefficient (Wildman–Crippen LogP) is 2.57. The lowest BCUT2D eigenvalue weighted by molar-refractivity contribution is 0.483. The van der Waals surface area contributed by atoms with Gasteiger partial charge in [0.25, 0.3) is 0 Å². The number of nitrogens with two attached hydrogens (primary N) is 1. The standard InChI is InChI=1S/C12H10ClF2N3/c13-10-5-4-7(6-17-10)12(18-16)8-2-1-3-9(14)11(8)15/h1-6,12,18H,16H2. The third-order valence-corrected chi connectivity index (χ3v) is 2.77. The van der Waals surface area contributed by atoms with Crippen molar-refractivity contribution in [3.63, 3.8) is 0 Å². The Morgan fingerprint density at radius 2 is 2.00 bits per heavy atom. The molecule has 0 amide bonds. The second-order valence-corrected chi connectivity index (χ2v) is 4.04. The number of benzene rings is 1. The zero-order valence-electron chi connectivity index (χ0n) is 9.20. The molecular formula is C12H10ClF2N3. The van der Waals surface area contributed by atoms with E-state index in [9.17, 15) is 8.78 Å². The number of hydrogen-bond donors (Lipinski definition) is 2.